The molecule has 2 rings (SSSR count). The summed E-state index contributed by atoms with van der Waals surface area (Å²) in [5, 5.41) is 0. The first kappa shape index (κ1) is 14.3. The van der Waals surface area contributed by atoms with Gasteiger partial charge in [-0.3, -0.25) is 0 Å². The van der Waals surface area contributed by atoms with Gasteiger partial charge < -0.3 is 10.5 Å². The van der Waals surface area contributed by atoms with Crippen molar-refractivity contribution in [3.63, 3.8) is 0 Å². The van der Waals surface area contributed by atoms with Gasteiger partial charge in [-0.15, -0.1) is 0 Å². The Balaban J connectivity index is 2.43. The van der Waals surface area contributed by atoms with Gasteiger partial charge in [0.25, 0.3) is 0 Å². The number of nitrogens with two attached hydrogens (primary N) is 1. The molecule has 2 unspecified atom stereocenters. The topological polar surface area (TPSA) is 35.2 Å². The molecule has 106 valence electrons. The summed E-state index contributed by atoms with van der Waals surface area (Å²) >= 11 is 0. The first-order chi connectivity index (χ1) is 8.93. The van der Waals surface area contributed by atoms with Crippen LogP contribution in [0.1, 0.15) is 30.1 Å². The molecule has 19 heavy (non-hydrogen) atoms. The van der Waals surface area contributed by atoms with E-state index in [1.807, 2.05) is 0 Å². The fourth-order valence-electron chi connectivity index (χ4n) is 2.45. The fourth-order valence-corrected chi connectivity index (χ4v) is 2.45. The van der Waals surface area contributed by atoms with E-state index in [1.165, 1.54) is 0 Å². The monoisotopic (exact) mass is 277 g/mol. The van der Waals surface area contributed by atoms with Gasteiger partial charge in [0, 0.05) is 12.5 Å². The van der Waals surface area contributed by atoms with Crippen LogP contribution in [0.15, 0.2) is 18.2 Å². The van der Waals surface area contributed by atoms with Crippen LogP contribution in [-0.4, -0.2) is 13.2 Å². The fraction of sp³-hybridized carbons (Fsp3) is 0.538. The van der Waals surface area contributed by atoms with Crippen molar-refractivity contribution >= 4 is 0 Å². The van der Waals surface area contributed by atoms with E-state index in [0.717, 1.165) is 25.0 Å². The maximum Gasteiger partial charge on any atom is 0.416 e. The quantitative estimate of drug-likeness (QED) is 0.842. The molecule has 0 saturated carbocycles. The molecule has 2 atom stereocenters. The smallest absolute Gasteiger partial charge is 0.373 e. The van der Waals surface area contributed by atoms with Crippen LogP contribution in [0.2, 0.25) is 0 Å². The second-order valence-electron chi connectivity index (χ2n) is 4.66. The summed E-state index contributed by atoms with van der Waals surface area (Å²) in [6.45, 7) is 0.648. The first-order valence-corrected chi connectivity index (χ1v) is 6.12. The van der Waals surface area contributed by atoms with E-state index >= 15 is 0 Å². The molecule has 2 nitrogen and oxygen atoms in total. The average Bonchev–Trinajstić information content (AvgIpc) is 2.37. The Bertz CT molecular complexity index is 447. The van der Waals surface area contributed by atoms with Gasteiger partial charge in [-0.1, -0.05) is 6.07 Å². The molecule has 6 heteroatoms. The summed E-state index contributed by atoms with van der Waals surface area (Å²) in [5.41, 5.74) is 4.59. The summed E-state index contributed by atoms with van der Waals surface area (Å²) in [5.74, 6) is -1.07. The van der Waals surface area contributed by atoms with E-state index in [2.05, 4.69) is 0 Å². The predicted octanol–water partition coefficient (Wildman–Crippen LogP) is 3.27. The second kappa shape index (κ2) is 5.46. The van der Waals surface area contributed by atoms with E-state index in [0.29, 0.717) is 12.7 Å². The lowest BCUT2D eigenvalue weighted by atomic mass is 9.87. The third-order valence-corrected chi connectivity index (χ3v) is 3.37. The van der Waals surface area contributed by atoms with Gasteiger partial charge in [0.15, 0.2) is 0 Å². The van der Waals surface area contributed by atoms with Crippen LogP contribution < -0.4 is 5.73 Å². The highest BCUT2D eigenvalue weighted by molar-refractivity contribution is 5.33. The lowest BCUT2D eigenvalue weighted by Gasteiger charge is -2.32. The van der Waals surface area contributed by atoms with Crippen LogP contribution in [0.3, 0.4) is 0 Å². The summed E-state index contributed by atoms with van der Waals surface area (Å²) in [7, 11) is 0. The number of halogens is 4. The van der Waals surface area contributed by atoms with E-state index in [4.69, 9.17) is 10.5 Å². The SMILES string of the molecule is NCC1CCCOC1c1ccc(F)cc1C(F)(F)F. The number of hydrogen-bond donors (Lipinski definition) is 1. The molecule has 1 aliphatic heterocycles. The van der Waals surface area contributed by atoms with E-state index < -0.39 is 23.7 Å². The van der Waals surface area contributed by atoms with Crippen molar-refractivity contribution in [2.24, 2.45) is 11.7 Å². The Kier molecular flexibility index (Phi) is 4.10. The van der Waals surface area contributed by atoms with Gasteiger partial charge in [-0.2, -0.15) is 13.2 Å². The minimum Gasteiger partial charge on any atom is -0.373 e. The molecule has 1 saturated heterocycles. The number of alkyl halides is 3. The van der Waals surface area contributed by atoms with Gasteiger partial charge >= 0.3 is 6.18 Å². The summed E-state index contributed by atoms with van der Waals surface area (Å²) in [6, 6.07) is 2.69. The van der Waals surface area contributed by atoms with Crippen LogP contribution in [0.5, 0.6) is 0 Å². The molecule has 1 fully saturated rings. The zero-order valence-electron chi connectivity index (χ0n) is 10.2. The Morgan fingerprint density at radius 1 is 1.32 bits per heavy atom. The minimum absolute atomic E-state index is 0.0240. The normalized spacial score (nSPS) is 24.5. The average molecular weight is 277 g/mol. The van der Waals surface area contributed by atoms with E-state index in [1.54, 1.807) is 0 Å². The number of benzene rings is 1. The Labute approximate surface area is 108 Å². The molecule has 0 radical (unpaired) electrons. The molecular formula is C13H15F4NO. The molecule has 0 bridgehead atoms. The van der Waals surface area contributed by atoms with E-state index in [-0.39, 0.29) is 18.0 Å². The second-order valence-corrected chi connectivity index (χ2v) is 4.66. The van der Waals surface area contributed by atoms with Crippen LogP contribution in [-0.2, 0) is 10.9 Å². The lowest BCUT2D eigenvalue weighted by Crippen LogP contribution is -2.30. The van der Waals surface area contributed by atoms with Crippen LogP contribution in [0, 0.1) is 11.7 Å². The zero-order chi connectivity index (χ0) is 14.0. The van der Waals surface area contributed by atoms with E-state index in [9.17, 15) is 17.6 Å². The third-order valence-electron chi connectivity index (χ3n) is 3.37. The van der Waals surface area contributed by atoms with Crippen molar-refractivity contribution in [2.45, 2.75) is 25.1 Å². The Morgan fingerprint density at radius 3 is 2.68 bits per heavy atom. The molecule has 0 amide bonds. The maximum atomic E-state index is 13.1. The highest BCUT2D eigenvalue weighted by Crippen LogP contribution is 2.40. The van der Waals surface area contributed by atoms with Crippen molar-refractivity contribution in [2.75, 3.05) is 13.2 Å². The van der Waals surface area contributed by atoms with Crippen molar-refractivity contribution in [1.82, 2.24) is 0 Å². The van der Waals surface area contributed by atoms with Gasteiger partial charge in [0.1, 0.15) is 5.82 Å². The van der Waals surface area contributed by atoms with Crippen LogP contribution in [0.25, 0.3) is 0 Å². The standard InChI is InChI=1S/C13H15F4NO/c14-9-3-4-10(11(6-9)13(15,16)17)12-8(7-18)2-1-5-19-12/h3-4,6,8,12H,1-2,5,7,18H2. The lowest BCUT2D eigenvalue weighted by molar-refractivity contribution is -0.141. The third kappa shape index (κ3) is 3.06. The van der Waals surface area contributed by atoms with Crippen molar-refractivity contribution in [3.05, 3.63) is 35.1 Å². The zero-order valence-corrected chi connectivity index (χ0v) is 10.2. The number of hydrogen-bond acceptors (Lipinski definition) is 2. The van der Waals surface area contributed by atoms with Crippen LogP contribution >= 0.6 is 0 Å². The summed E-state index contributed by atoms with van der Waals surface area (Å²) < 4.78 is 57.4. The molecule has 1 aromatic carbocycles. The number of ether oxygens (including phenoxy) is 1. The minimum atomic E-state index is -4.60. The molecule has 1 aromatic rings. The first-order valence-electron chi connectivity index (χ1n) is 6.12. The summed E-state index contributed by atoms with van der Waals surface area (Å²) in [4.78, 5) is 0. The van der Waals surface area contributed by atoms with Crippen molar-refractivity contribution in [3.8, 4) is 0 Å². The molecule has 0 aliphatic carbocycles. The maximum absolute atomic E-state index is 13.1. The van der Waals surface area contributed by atoms with Gasteiger partial charge in [0.2, 0.25) is 0 Å². The predicted molar refractivity (Wildman–Crippen MR) is 61.9 cm³/mol. The van der Waals surface area contributed by atoms with Crippen molar-refractivity contribution in [1.29, 1.82) is 0 Å². The summed E-state index contributed by atoms with van der Waals surface area (Å²) in [6.07, 6.45) is -3.82. The van der Waals surface area contributed by atoms with Crippen LogP contribution in [0.4, 0.5) is 17.6 Å². The molecule has 1 aliphatic rings. The largest absolute Gasteiger partial charge is 0.416 e. The van der Waals surface area contributed by atoms with Gasteiger partial charge in [-0.05, 0) is 37.1 Å². The molecule has 2 N–H and O–H groups in total. The van der Waals surface area contributed by atoms with Gasteiger partial charge in [-0.25, -0.2) is 4.39 Å². The Hall–Kier alpha value is -1.14. The highest BCUT2D eigenvalue weighted by Gasteiger charge is 2.38. The molecule has 0 aromatic heterocycles. The number of rotatable bonds is 2. The molecule has 1 heterocycles. The molecule has 0 spiro atoms. The highest BCUT2D eigenvalue weighted by atomic mass is 19.4. The van der Waals surface area contributed by atoms with Gasteiger partial charge in [0.05, 0.1) is 11.7 Å². The Morgan fingerprint density at radius 2 is 2.05 bits per heavy atom. The van der Waals surface area contributed by atoms with Crippen molar-refractivity contribution < 1.29 is 22.3 Å². The molecular weight excluding hydrogens is 262 g/mol.